The zero-order valence-corrected chi connectivity index (χ0v) is 19.2. The van der Waals surface area contributed by atoms with Crippen molar-refractivity contribution in [3.8, 4) is 22.8 Å². The minimum atomic E-state index is -0.373. The molecule has 0 fully saturated rings. The molecule has 8 heteroatoms. The first-order valence-electron chi connectivity index (χ1n) is 10.7. The predicted octanol–water partition coefficient (Wildman–Crippen LogP) is 2.46. The fraction of sp³-hybridized carbons (Fsp3) is 0.458. The van der Waals surface area contributed by atoms with Gasteiger partial charge in [-0.1, -0.05) is 19.1 Å². The van der Waals surface area contributed by atoms with Gasteiger partial charge in [-0.15, -0.1) is 0 Å². The molecule has 172 valence electrons. The largest absolute Gasteiger partial charge is 0.497 e. The van der Waals surface area contributed by atoms with E-state index in [0.717, 1.165) is 11.1 Å². The number of benzene rings is 1. The summed E-state index contributed by atoms with van der Waals surface area (Å²) in [6, 6.07) is 8.90. The van der Waals surface area contributed by atoms with Gasteiger partial charge in [0.15, 0.2) is 0 Å². The Kier molecular flexibility index (Phi) is 7.35. The average molecular weight is 442 g/mol. The summed E-state index contributed by atoms with van der Waals surface area (Å²) in [7, 11) is 3.32. The molecule has 3 atom stereocenters. The van der Waals surface area contributed by atoms with Crippen LogP contribution in [0.15, 0.2) is 36.5 Å². The number of fused-ring (bicyclic) bond motifs is 1. The number of rotatable bonds is 6. The van der Waals surface area contributed by atoms with Gasteiger partial charge in [0.1, 0.15) is 17.4 Å². The van der Waals surface area contributed by atoms with E-state index in [2.05, 4.69) is 4.98 Å². The van der Waals surface area contributed by atoms with Crippen LogP contribution in [0.2, 0.25) is 0 Å². The Morgan fingerprint density at radius 1 is 1.38 bits per heavy atom. The zero-order chi connectivity index (χ0) is 23.4. The van der Waals surface area contributed by atoms with Gasteiger partial charge < -0.3 is 24.4 Å². The van der Waals surface area contributed by atoms with Crippen molar-refractivity contribution < 1.29 is 24.2 Å². The number of carbonyl (C=O) groups is 2. The van der Waals surface area contributed by atoms with E-state index in [9.17, 15) is 14.7 Å². The Morgan fingerprint density at radius 2 is 2.12 bits per heavy atom. The SMILES string of the molecule is COc1cccc(-c2cnc3c(c2)C(=O)N([C@@H](C)CO)C[C@H](C)[C@@H](CN(C)C(C)=O)O3)c1. The van der Waals surface area contributed by atoms with E-state index in [4.69, 9.17) is 9.47 Å². The lowest BCUT2D eigenvalue weighted by Crippen LogP contribution is -2.50. The molecule has 8 nitrogen and oxygen atoms in total. The second kappa shape index (κ2) is 9.99. The van der Waals surface area contributed by atoms with Gasteiger partial charge in [-0.2, -0.15) is 0 Å². The van der Waals surface area contributed by atoms with Gasteiger partial charge in [-0.3, -0.25) is 9.59 Å². The van der Waals surface area contributed by atoms with E-state index in [1.807, 2.05) is 38.1 Å². The number of amides is 2. The molecule has 0 saturated heterocycles. The molecule has 2 aromatic rings. The molecule has 0 unspecified atom stereocenters. The standard InChI is InChI=1S/C24H31N3O5/c1-15-12-27(16(2)14-28)24(30)21-10-19(18-7-6-8-20(9-18)31-5)11-25-23(21)32-22(15)13-26(4)17(3)29/h6-11,15-16,22,28H,12-14H2,1-5H3/t15-,16-,22+/m0/s1. The van der Waals surface area contributed by atoms with Crippen LogP contribution in [0.4, 0.5) is 0 Å². The molecule has 1 aliphatic heterocycles. The first-order chi connectivity index (χ1) is 15.2. The lowest BCUT2D eigenvalue weighted by Gasteiger charge is -2.37. The smallest absolute Gasteiger partial charge is 0.259 e. The van der Waals surface area contributed by atoms with Crippen molar-refractivity contribution in [3.63, 3.8) is 0 Å². The van der Waals surface area contributed by atoms with Crippen molar-refractivity contribution >= 4 is 11.8 Å². The highest BCUT2D eigenvalue weighted by Gasteiger charge is 2.34. The van der Waals surface area contributed by atoms with Crippen molar-refractivity contribution in [2.24, 2.45) is 5.92 Å². The van der Waals surface area contributed by atoms with Crippen LogP contribution in [0.1, 0.15) is 31.1 Å². The molecule has 0 bridgehead atoms. The lowest BCUT2D eigenvalue weighted by molar-refractivity contribution is -0.129. The Morgan fingerprint density at radius 3 is 2.78 bits per heavy atom. The van der Waals surface area contributed by atoms with E-state index in [0.29, 0.717) is 24.4 Å². The van der Waals surface area contributed by atoms with Crippen LogP contribution in [0.5, 0.6) is 11.6 Å². The number of carbonyl (C=O) groups excluding carboxylic acids is 2. The third kappa shape index (κ3) is 5.02. The highest BCUT2D eigenvalue weighted by molar-refractivity contribution is 5.98. The van der Waals surface area contributed by atoms with Crippen molar-refractivity contribution in [2.75, 3.05) is 33.9 Å². The first kappa shape index (κ1) is 23.5. The van der Waals surface area contributed by atoms with Gasteiger partial charge in [0.25, 0.3) is 5.91 Å². The molecule has 1 N–H and O–H groups in total. The van der Waals surface area contributed by atoms with Crippen molar-refractivity contribution in [2.45, 2.75) is 32.9 Å². The Hall–Kier alpha value is -3.13. The van der Waals surface area contributed by atoms with Crippen LogP contribution in [0.3, 0.4) is 0 Å². The summed E-state index contributed by atoms with van der Waals surface area (Å²) in [5.41, 5.74) is 1.94. The number of hydrogen-bond acceptors (Lipinski definition) is 6. The second-order valence-corrected chi connectivity index (χ2v) is 8.33. The molecule has 1 aromatic heterocycles. The average Bonchev–Trinajstić information content (AvgIpc) is 2.80. The van der Waals surface area contributed by atoms with E-state index in [-0.39, 0.29) is 42.4 Å². The summed E-state index contributed by atoms with van der Waals surface area (Å²) in [5.74, 6) is 0.534. The monoisotopic (exact) mass is 441 g/mol. The molecular formula is C24H31N3O5. The van der Waals surface area contributed by atoms with Crippen LogP contribution in [-0.2, 0) is 4.79 Å². The fourth-order valence-corrected chi connectivity index (χ4v) is 3.68. The second-order valence-electron chi connectivity index (χ2n) is 8.33. The molecule has 2 heterocycles. The molecule has 32 heavy (non-hydrogen) atoms. The maximum Gasteiger partial charge on any atom is 0.259 e. The topological polar surface area (TPSA) is 92.2 Å². The highest BCUT2D eigenvalue weighted by Crippen LogP contribution is 2.31. The van der Waals surface area contributed by atoms with Gasteiger partial charge in [-0.05, 0) is 30.7 Å². The maximum absolute atomic E-state index is 13.5. The molecule has 0 saturated carbocycles. The van der Waals surface area contributed by atoms with Crippen LogP contribution in [-0.4, -0.2) is 77.7 Å². The normalized spacial score (nSPS) is 19.3. The van der Waals surface area contributed by atoms with Gasteiger partial charge >= 0.3 is 0 Å². The minimum absolute atomic E-state index is 0.0685. The quantitative estimate of drug-likeness (QED) is 0.740. The van der Waals surface area contributed by atoms with Gasteiger partial charge in [0.05, 0.1) is 26.3 Å². The van der Waals surface area contributed by atoms with E-state index < -0.39 is 0 Å². The molecule has 0 radical (unpaired) electrons. The van der Waals surface area contributed by atoms with Crippen molar-refractivity contribution in [1.82, 2.24) is 14.8 Å². The molecule has 1 aromatic carbocycles. The third-order valence-electron chi connectivity index (χ3n) is 5.92. The van der Waals surface area contributed by atoms with E-state index in [1.165, 1.54) is 6.92 Å². The number of aliphatic hydroxyl groups is 1. The van der Waals surface area contributed by atoms with Crippen LogP contribution < -0.4 is 9.47 Å². The molecule has 3 rings (SSSR count). The number of ether oxygens (including phenoxy) is 2. The number of nitrogens with zero attached hydrogens (tertiary/aromatic N) is 3. The summed E-state index contributed by atoms with van der Waals surface area (Å²) in [6.07, 6.45) is 1.30. The van der Waals surface area contributed by atoms with Gasteiger partial charge in [0.2, 0.25) is 11.8 Å². The van der Waals surface area contributed by atoms with Crippen molar-refractivity contribution in [3.05, 3.63) is 42.1 Å². The van der Waals surface area contributed by atoms with E-state index in [1.54, 1.807) is 36.2 Å². The summed E-state index contributed by atoms with van der Waals surface area (Å²) in [6.45, 7) is 5.88. The first-order valence-corrected chi connectivity index (χ1v) is 10.7. The van der Waals surface area contributed by atoms with Gasteiger partial charge in [0, 0.05) is 38.2 Å². The zero-order valence-electron chi connectivity index (χ0n) is 19.2. The summed E-state index contributed by atoms with van der Waals surface area (Å²) in [5, 5.41) is 9.77. The molecular weight excluding hydrogens is 410 g/mol. The van der Waals surface area contributed by atoms with E-state index >= 15 is 0 Å². The van der Waals surface area contributed by atoms with Crippen LogP contribution in [0.25, 0.3) is 11.1 Å². The third-order valence-corrected chi connectivity index (χ3v) is 5.92. The minimum Gasteiger partial charge on any atom is -0.497 e. The lowest BCUT2D eigenvalue weighted by atomic mass is 9.99. The number of likely N-dealkylation sites (N-methyl/N-ethyl adjacent to an activating group) is 1. The Bertz CT molecular complexity index is 980. The number of aliphatic hydroxyl groups excluding tert-OH is 1. The molecule has 2 amide bonds. The maximum atomic E-state index is 13.5. The number of pyridine rings is 1. The Labute approximate surface area is 188 Å². The molecule has 0 aliphatic carbocycles. The highest BCUT2D eigenvalue weighted by atomic mass is 16.5. The summed E-state index contributed by atoms with van der Waals surface area (Å²) < 4.78 is 11.5. The Balaban J connectivity index is 2.06. The molecule has 0 spiro atoms. The number of methoxy groups -OCH3 is 1. The van der Waals surface area contributed by atoms with Crippen LogP contribution in [0, 0.1) is 5.92 Å². The molecule has 1 aliphatic rings. The van der Waals surface area contributed by atoms with Crippen LogP contribution >= 0.6 is 0 Å². The number of hydrogen-bond donors (Lipinski definition) is 1. The fourth-order valence-electron chi connectivity index (χ4n) is 3.68. The van der Waals surface area contributed by atoms with Crippen molar-refractivity contribution in [1.29, 1.82) is 0 Å². The summed E-state index contributed by atoms with van der Waals surface area (Å²) in [4.78, 5) is 33.0. The summed E-state index contributed by atoms with van der Waals surface area (Å²) >= 11 is 0. The predicted molar refractivity (Wildman–Crippen MR) is 121 cm³/mol. The van der Waals surface area contributed by atoms with Gasteiger partial charge in [-0.25, -0.2) is 4.98 Å². The number of aromatic nitrogens is 1.